The second kappa shape index (κ2) is 6.75. The van der Waals surface area contributed by atoms with Crippen molar-refractivity contribution in [2.45, 2.75) is 12.5 Å². The van der Waals surface area contributed by atoms with E-state index in [0.29, 0.717) is 22.8 Å². The first kappa shape index (κ1) is 15.9. The topological polar surface area (TPSA) is 103 Å². The standard InChI is InChI=1S/C18H15N3O5/c22-17(9-12-11-5-1-2-6-13(11)26-21-12)19-20-18(23)16-10-24-14-7-3-4-8-15(14)25-16/h1-8,16H,9-10H2,(H,19,22)(H,20,23). The molecule has 0 aliphatic carbocycles. The Kier molecular flexibility index (Phi) is 4.14. The quantitative estimate of drug-likeness (QED) is 0.689. The Morgan fingerprint density at radius 1 is 1.04 bits per heavy atom. The summed E-state index contributed by atoms with van der Waals surface area (Å²) in [4.78, 5) is 24.2. The Hall–Kier alpha value is -3.55. The number of nitrogens with one attached hydrogen (secondary N) is 2. The van der Waals surface area contributed by atoms with Gasteiger partial charge in [0.05, 0.1) is 6.42 Å². The van der Waals surface area contributed by atoms with E-state index in [1.807, 2.05) is 24.3 Å². The number of nitrogens with zero attached hydrogens (tertiary/aromatic N) is 1. The van der Waals surface area contributed by atoms with Crippen molar-refractivity contribution in [3.05, 3.63) is 54.2 Å². The summed E-state index contributed by atoms with van der Waals surface area (Å²) in [7, 11) is 0. The molecule has 0 bridgehead atoms. The van der Waals surface area contributed by atoms with Gasteiger partial charge in [0.1, 0.15) is 12.3 Å². The molecule has 0 saturated carbocycles. The van der Waals surface area contributed by atoms with Crippen LogP contribution in [0.15, 0.2) is 53.1 Å². The number of hydrazine groups is 1. The van der Waals surface area contributed by atoms with Crippen LogP contribution in [-0.4, -0.2) is 29.7 Å². The first-order chi connectivity index (χ1) is 12.7. The van der Waals surface area contributed by atoms with E-state index in [2.05, 4.69) is 16.0 Å². The molecule has 4 rings (SSSR count). The smallest absolute Gasteiger partial charge is 0.283 e. The van der Waals surface area contributed by atoms with E-state index in [9.17, 15) is 9.59 Å². The molecule has 1 aromatic heterocycles. The van der Waals surface area contributed by atoms with E-state index in [4.69, 9.17) is 14.0 Å². The van der Waals surface area contributed by atoms with Crippen LogP contribution in [0.4, 0.5) is 0 Å². The van der Waals surface area contributed by atoms with Gasteiger partial charge in [-0.1, -0.05) is 29.4 Å². The molecule has 2 N–H and O–H groups in total. The molecule has 1 atom stereocenters. The van der Waals surface area contributed by atoms with Gasteiger partial charge in [-0.05, 0) is 24.3 Å². The first-order valence-corrected chi connectivity index (χ1v) is 8.01. The van der Waals surface area contributed by atoms with Crippen LogP contribution in [-0.2, 0) is 16.0 Å². The highest BCUT2D eigenvalue weighted by molar-refractivity contribution is 5.88. The molecule has 2 amide bonds. The molecule has 26 heavy (non-hydrogen) atoms. The fourth-order valence-corrected chi connectivity index (χ4v) is 2.62. The summed E-state index contributed by atoms with van der Waals surface area (Å²) in [6.45, 7) is 0.0621. The molecule has 2 heterocycles. The molecule has 1 aliphatic heterocycles. The van der Waals surface area contributed by atoms with Gasteiger partial charge >= 0.3 is 0 Å². The zero-order valence-electron chi connectivity index (χ0n) is 13.6. The second-order valence-corrected chi connectivity index (χ2v) is 5.70. The molecule has 1 aliphatic rings. The van der Waals surface area contributed by atoms with E-state index in [1.165, 1.54) is 0 Å². The maximum Gasteiger partial charge on any atom is 0.283 e. The van der Waals surface area contributed by atoms with Crippen LogP contribution in [0.25, 0.3) is 11.0 Å². The molecule has 3 aromatic rings. The zero-order chi connectivity index (χ0) is 17.9. The van der Waals surface area contributed by atoms with Crippen molar-refractivity contribution < 1.29 is 23.6 Å². The van der Waals surface area contributed by atoms with Gasteiger partial charge in [0, 0.05) is 5.39 Å². The molecule has 2 aromatic carbocycles. The van der Waals surface area contributed by atoms with Crippen molar-refractivity contribution in [2.75, 3.05) is 6.61 Å². The number of ether oxygens (including phenoxy) is 2. The molecule has 8 heteroatoms. The Labute approximate surface area is 148 Å². The van der Waals surface area contributed by atoms with E-state index in [1.54, 1.807) is 24.3 Å². The first-order valence-electron chi connectivity index (χ1n) is 8.01. The molecule has 1 unspecified atom stereocenters. The van der Waals surface area contributed by atoms with Crippen molar-refractivity contribution in [3.8, 4) is 11.5 Å². The summed E-state index contributed by atoms with van der Waals surface area (Å²) in [6.07, 6.45) is -0.875. The third-order valence-electron chi connectivity index (χ3n) is 3.91. The normalized spacial score (nSPS) is 15.5. The highest BCUT2D eigenvalue weighted by Crippen LogP contribution is 2.30. The van der Waals surface area contributed by atoms with E-state index >= 15 is 0 Å². The lowest BCUT2D eigenvalue weighted by Gasteiger charge is -2.25. The lowest BCUT2D eigenvalue weighted by molar-refractivity contribution is -0.134. The number of benzene rings is 2. The van der Waals surface area contributed by atoms with Crippen LogP contribution in [0.2, 0.25) is 0 Å². The van der Waals surface area contributed by atoms with Crippen LogP contribution in [0, 0.1) is 0 Å². The minimum atomic E-state index is -0.849. The summed E-state index contributed by atoms with van der Waals surface area (Å²) < 4.78 is 16.2. The summed E-state index contributed by atoms with van der Waals surface area (Å²) in [5.74, 6) is 0.144. The van der Waals surface area contributed by atoms with Crippen molar-refractivity contribution in [3.63, 3.8) is 0 Å². The molecular formula is C18H15N3O5. The van der Waals surface area contributed by atoms with Gasteiger partial charge in [-0.2, -0.15) is 0 Å². The van der Waals surface area contributed by atoms with E-state index in [0.717, 1.165) is 5.39 Å². The predicted molar refractivity (Wildman–Crippen MR) is 90.4 cm³/mol. The van der Waals surface area contributed by atoms with Crippen molar-refractivity contribution in [2.24, 2.45) is 0 Å². The lowest BCUT2D eigenvalue weighted by atomic mass is 10.2. The maximum absolute atomic E-state index is 12.2. The summed E-state index contributed by atoms with van der Waals surface area (Å²) in [6, 6.07) is 14.3. The summed E-state index contributed by atoms with van der Waals surface area (Å²) >= 11 is 0. The summed E-state index contributed by atoms with van der Waals surface area (Å²) in [5, 5.41) is 4.64. The van der Waals surface area contributed by atoms with Gasteiger partial charge in [-0.15, -0.1) is 0 Å². The van der Waals surface area contributed by atoms with E-state index < -0.39 is 17.9 Å². The number of fused-ring (bicyclic) bond motifs is 2. The highest BCUT2D eigenvalue weighted by atomic mass is 16.6. The molecule has 0 radical (unpaired) electrons. The van der Waals surface area contributed by atoms with Crippen LogP contribution in [0.5, 0.6) is 11.5 Å². The van der Waals surface area contributed by atoms with Gasteiger partial charge in [-0.3, -0.25) is 20.4 Å². The largest absolute Gasteiger partial charge is 0.485 e. The molecule has 132 valence electrons. The molecule has 8 nitrogen and oxygen atoms in total. The maximum atomic E-state index is 12.2. The average Bonchev–Trinajstić information content (AvgIpc) is 3.08. The van der Waals surface area contributed by atoms with Gasteiger partial charge in [0.15, 0.2) is 17.1 Å². The number of aromatic nitrogens is 1. The minimum absolute atomic E-state index is 0.0256. The number of rotatable bonds is 3. The molecule has 0 saturated heterocycles. The number of carbonyl (C=O) groups excluding carboxylic acids is 2. The lowest BCUT2D eigenvalue weighted by Crippen LogP contribution is -2.51. The van der Waals surface area contributed by atoms with E-state index in [-0.39, 0.29) is 13.0 Å². The molecule has 0 spiro atoms. The van der Waals surface area contributed by atoms with Crippen LogP contribution < -0.4 is 20.3 Å². The molecular weight excluding hydrogens is 338 g/mol. The minimum Gasteiger partial charge on any atom is -0.485 e. The van der Waals surface area contributed by atoms with Crippen molar-refractivity contribution in [1.82, 2.24) is 16.0 Å². The molecule has 0 fully saturated rings. The third kappa shape index (κ3) is 3.16. The van der Waals surface area contributed by atoms with Gasteiger partial charge < -0.3 is 14.0 Å². The Morgan fingerprint density at radius 2 is 1.81 bits per heavy atom. The van der Waals surface area contributed by atoms with Crippen LogP contribution >= 0.6 is 0 Å². The monoisotopic (exact) mass is 353 g/mol. The van der Waals surface area contributed by atoms with Gasteiger partial charge in [0.25, 0.3) is 5.91 Å². The predicted octanol–water partition coefficient (Wildman–Crippen LogP) is 1.36. The fourth-order valence-electron chi connectivity index (χ4n) is 2.62. The van der Waals surface area contributed by atoms with Crippen LogP contribution in [0.3, 0.4) is 0 Å². The fraction of sp³-hybridized carbons (Fsp3) is 0.167. The highest BCUT2D eigenvalue weighted by Gasteiger charge is 2.27. The Bertz CT molecular complexity index is 968. The number of amides is 2. The van der Waals surface area contributed by atoms with Crippen LogP contribution in [0.1, 0.15) is 5.69 Å². The third-order valence-corrected chi connectivity index (χ3v) is 3.91. The Morgan fingerprint density at radius 3 is 2.69 bits per heavy atom. The average molecular weight is 353 g/mol. The number of hydrogen-bond donors (Lipinski definition) is 2. The second-order valence-electron chi connectivity index (χ2n) is 5.70. The summed E-state index contributed by atoms with van der Waals surface area (Å²) in [5.41, 5.74) is 5.79. The van der Waals surface area contributed by atoms with Gasteiger partial charge in [0.2, 0.25) is 12.0 Å². The van der Waals surface area contributed by atoms with Gasteiger partial charge in [-0.25, -0.2) is 0 Å². The zero-order valence-corrected chi connectivity index (χ0v) is 13.6. The Balaban J connectivity index is 1.32. The number of para-hydroxylation sites is 3. The van der Waals surface area contributed by atoms with Crippen molar-refractivity contribution >= 4 is 22.8 Å². The number of carbonyl (C=O) groups is 2. The number of hydrogen-bond acceptors (Lipinski definition) is 6. The SMILES string of the molecule is O=C(Cc1noc2ccccc12)NNC(=O)C1COc2ccccc2O1. The van der Waals surface area contributed by atoms with Crippen molar-refractivity contribution in [1.29, 1.82) is 0 Å².